The monoisotopic (exact) mass is 507 g/mol. The number of carboxylic acid groups (broad SMARTS) is 2. The Morgan fingerprint density at radius 1 is 0.806 bits per heavy atom. The van der Waals surface area contributed by atoms with Gasteiger partial charge in [0.1, 0.15) is 18.1 Å². The van der Waals surface area contributed by atoms with Gasteiger partial charge in [-0.05, 0) is 24.3 Å². The van der Waals surface area contributed by atoms with E-state index in [0.717, 1.165) is 5.56 Å². The summed E-state index contributed by atoms with van der Waals surface area (Å²) in [6.07, 6.45) is -1.23. The van der Waals surface area contributed by atoms with Crippen molar-refractivity contribution in [1.82, 2.24) is 16.0 Å². The number of benzene rings is 1. The fourth-order valence-electron chi connectivity index (χ4n) is 3.27. The summed E-state index contributed by atoms with van der Waals surface area (Å²) < 4.78 is 0. The normalized spacial score (nSPS) is 14.1. The number of rotatable bonds is 15. The maximum absolute atomic E-state index is 12.9. The molecule has 0 aliphatic heterocycles. The molecule has 13 heteroatoms. The van der Waals surface area contributed by atoms with Crippen LogP contribution in [-0.2, 0) is 35.2 Å². The predicted octanol–water partition coefficient (Wildman–Crippen LogP) is -1.51. The van der Waals surface area contributed by atoms with Crippen molar-refractivity contribution in [2.75, 3.05) is 0 Å². The Hall–Kier alpha value is -4.00. The fourth-order valence-corrected chi connectivity index (χ4v) is 3.27. The van der Waals surface area contributed by atoms with Gasteiger partial charge in [0.2, 0.25) is 23.6 Å². The van der Waals surface area contributed by atoms with E-state index in [4.69, 9.17) is 16.6 Å². The van der Waals surface area contributed by atoms with E-state index in [1.807, 2.05) is 0 Å². The molecule has 36 heavy (non-hydrogen) atoms. The van der Waals surface area contributed by atoms with Crippen LogP contribution in [0.1, 0.15) is 38.7 Å². The van der Waals surface area contributed by atoms with Crippen LogP contribution in [-0.4, -0.2) is 69.9 Å². The minimum Gasteiger partial charge on any atom is -0.481 e. The molecule has 1 rings (SSSR count). The number of hydrogen-bond acceptors (Lipinski definition) is 7. The molecule has 9 N–H and O–H groups in total. The molecule has 13 nitrogen and oxygen atoms in total. The van der Waals surface area contributed by atoms with E-state index in [2.05, 4.69) is 16.0 Å². The van der Waals surface area contributed by atoms with Crippen LogP contribution in [0.5, 0.6) is 0 Å². The van der Waals surface area contributed by atoms with Crippen LogP contribution in [0.25, 0.3) is 0 Å². The number of carboxylic acids is 2. The summed E-state index contributed by atoms with van der Waals surface area (Å²) in [6, 6.07) is 3.38. The van der Waals surface area contributed by atoms with E-state index < -0.39 is 72.6 Å². The van der Waals surface area contributed by atoms with Gasteiger partial charge >= 0.3 is 11.9 Å². The van der Waals surface area contributed by atoms with E-state index >= 15 is 0 Å². The molecule has 0 aromatic heterocycles. The third-order valence-corrected chi connectivity index (χ3v) is 5.01. The van der Waals surface area contributed by atoms with Gasteiger partial charge in [-0.2, -0.15) is 0 Å². The van der Waals surface area contributed by atoms with Crippen molar-refractivity contribution in [2.24, 2.45) is 17.4 Å². The average Bonchev–Trinajstić information content (AvgIpc) is 2.77. The molecule has 0 saturated carbocycles. The number of nitrogens with two attached hydrogens (primary N) is 2. The molecule has 0 bridgehead atoms. The number of amides is 4. The van der Waals surface area contributed by atoms with Crippen molar-refractivity contribution < 1.29 is 39.0 Å². The summed E-state index contributed by atoms with van der Waals surface area (Å²) in [6.45, 7) is 3.48. The highest BCUT2D eigenvalue weighted by Crippen LogP contribution is 2.08. The van der Waals surface area contributed by atoms with E-state index in [0.29, 0.717) is 0 Å². The zero-order chi connectivity index (χ0) is 27.4. The second-order valence-corrected chi connectivity index (χ2v) is 8.72. The minimum atomic E-state index is -1.72. The summed E-state index contributed by atoms with van der Waals surface area (Å²) in [4.78, 5) is 72.0. The van der Waals surface area contributed by atoms with Crippen molar-refractivity contribution in [1.29, 1.82) is 0 Å². The molecule has 0 saturated heterocycles. The first kappa shape index (κ1) is 30.0. The van der Waals surface area contributed by atoms with Gasteiger partial charge in [-0.1, -0.05) is 44.2 Å². The first-order chi connectivity index (χ1) is 16.8. The minimum absolute atomic E-state index is 0.0573. The number of primary amides is 1. The van der Waals surface area contributed by atoms with Gasteiger partial charge < -0.3 is 37.6 Å². The highest BCUT2D eigenvalue weighted by atomic mass is 16.4. The lowest BCUT2D eigenvalue weighted by Crippen LogP contribution is -2.58. The van der Waals surface area contributed by atoms with Crippen LogP contribution >= 0.6 is 0 Å². The number of hydrogen-bond donors (Lipinski definition) is 7. The van der Waals surface area contributed by atoms with E-state index in [9.17, 15) is 33.9 Å². The van der Waals surface area contributed by atoms with Gasteiger partial charge in [-0.25, -0.2) is 4.79 Å². The molecule has 0 spiro atoms. The lowest BCUT2D eigenvalue weighted by atomic mass is 10.0. The van der Waals surface area contributed by atoms with Crippen LogP contribution in [0.3, 0.4) is 0 Å². The highest BCUT2D eigenvalue weighted by Gasteiger charge is 2.32. The van der Waals surface area contributed by atoms with Gasteiger partial charge in [0.05, 0.1) is 18.9 Å². The Bertz CT molecular complexity index is 953. The summed E-state index contributed by atoms with van der Waals surface area (Å²) in [5, 5.41) is 24.9. The van der Waals surface area contributed by atoms with Crippen LogP contribution < -0.4 is 27.4 Å². The van der Waals surface area contributed by atoms with Crippen LogP contribution in [0.2, 0.25) is 0 Å². The molecule has 4 atom stereocenters. The lowest BCUT2D eigenvalue weighted by molar-refractivity contribution is -0.147. The van der Waals surface area contributed by atoms with E-state index in [-0.39, 0.29) is 18.8 Å². The number of nitrogens with one attached hydrogen (secondary N) is 3. The average molecular weight is 508 g/mol. The molecule has 0 aliphatic rings. The molecular formula is C23H33N5O8. The Morgan fingerprint density at radius 2 is 1.33 bits per heavy atom. The second-order valence-electron chi connectivity index (χ2n) is 8.72. The molecule has 4 unspecified atom stereocenters. The largest absolute Gasteiger partial charge is 0.481 e. The Kier molecular flexibility index (Phi) is 12.0. The van der Waals surface area contributed by atoms with Crippen LogP contribution in [0.15, 0.2) is 30.3 Å². The zero-order valence-corrected chi connectivity index (χ0v) is 20.1. The van der Waals surface area contributed by atoms with Crippen molar-refractivity contribution in [3.05, 3.63) is 35.9 Å². The van der Waals surface area contributed by atoms with Crippen LogP contribution in [0, 0.1) is 5.92 Å². The summed E-state index contributed by atoms with van der Waals surface area (Å²) in [7, 11) is 0. The van der Waals surface area contributed by atoms with Gasteiger partial charge in [0.25, 0.3) is 0 Å². The van der Waals surface area contributed by atoms with Crippen molar-refractivity contribution in [3.63, 3.8) is 0 Å². The fraction of sp³-hybridized carbons (Fsp3) is 0.478. The molecule has 0 fully saturated rings. The molecule has 0 aliphatic carbocycles. The van der Waals surface area contributed by atoms with Crippen molar-refractivity contribution in [2.45, 2.75) is 63.7 Å². The Balaban J connectivity index is 2.98. The maximum Gasteiger partial charge on any atom is 0.326 e. The third kappa shape index (κ3) is 11.0. The lowest BCUT2D eigenvalue weighted by Gasteiger charge is -2.25. The van der Waals surface area contributed by atoms with Gasteiger partial charge in [0.15, 0.2) is 0 Å². The number of carbonyl (C=O) groups is 6. The number of carbonyl (C=O) groups excluding carboxylic acids is 4. The number of aliphatic carboxylic acids is 2. The van der Waals surface area contributed by atoms with Crippen LogP contribution in [0.4, 0.5) is 0 Å². The summed E-state index contributed by atoms with van der Waals surface area (Å²) >= 11 is 0. The Labute approximate surface area is 208 Å². The molecule has 4 amide bonds. The maximum atomic E-state index is 12.9. The first-order valence-electron chi connectivity index (χ1n) is 11.2. The van der Waals surface area contributed by atoms with Crippen molar-refractivity contribution >= 4 is 35.6 Å². The van der Waals surface area contributed by atoms with E-state index in [1.54, 1.807) is 44.2 Å². The quantitative estimate of drug-likeness (QED) is 0.146. The van der Waals surface area contributed by atoms with Gasteiger partial charge in [0, 0.05) is 0 Å². The molecular weight excluding hydrogens is 474 g/mol. The molecule has 1 aromatic rings. The Morgan fingerprint density at radius 3 is 1.83 bits per heavy atom. The molecule has 198 valence electrons. The summed E-state index contributed by atoms with van der Waals surface area (Å²) in [5.74, 6) is -6.63. The highest BCUT2D eigenvalue weighted by molar-refractivity contribution is 5.96. The van der Waals surface area contributed by atoms with Crippen molar-refractivity contribution in [3.8, 4) is 0 Å². The zero-order valence-electron chi connectivity index (χ0n) is 20.1. The summed E-state index contributed by atoms with van der Waals surface area (Å²) in [5.41, 5.74) is 11.9. The molecule has 1 aromatic carbocycles. The predicted molar refractivity (Wildman–Crippen MR) is 127 cm³/mol. The van der Waals surface area contributed by atoms with Gasteiger partial charge in [-0.3, -0.25) is 24.0 Å². The molecule has 0 heterocycles. The van der Waals surface area contributed by atoms with E-state index in [1.165, 1.54) is 0 Å². The molecule has 0 radical (unpaired) electrons. The SMILES string of the molecule is CC(C)CC(NC(=O)C(CC(N)=O)NC(=O)C(N)Cc1ccccc1)C(=O)NC(CC(=O)O)C(=O)O. The second kappa shape index (κ2) is 14.4. The standard InChI is InChI=1S/C23H33N5O8/c1-12(2)8-15(21(33)28-17(23(35)36)11-19(30)31)27-22(34)16(10-18(25)29)26-20(32)14(24)9-13-6-4-3-5-7-13/h3-7,12,14-17H,8-11,24H2,1-2H3,(H2,25,29)(H,26,32)(H,27,34)(H,28,33)(H,30,31)(H,35,36). The topological polar surface area (TPSA) is 231 Å². The first-order valence-corrected chi connectivity index (χ1v) is 11.2. The van der Waals surface area contributed by atoms with Gasteiger partial charge in [-0.15, -0.1) is 0 Å². The third-order valence-electron chi connectivity index (χ3n) is 5.01. The smallest absolute Gasteiger partial charge is 0.326 e.